The van der Waals surface area contributed by atoms with Crippen LogP contribution < -0.4 is 5.73 Å². The molecule has 3 N–H and O–H groups in total. The molecule has 110 valence electrons. The van der Waals surface area contributed by atoms with Gasteiger partial charge in [0, 0.05) is 31.2 Å². The molecule has 4 nitrogen and oxygen atoms in total. The first-order valence-corrected chi connectivity index (χ1v) is 7.80. The van der Waals surface area contributed by atoms with Gasteiger partial charge in [0.15, 0.2) is 0 Å². The molecule has 1 amide bonds. The Kier molecular flexibility index (Phi) is 5.22. The van der Waals surface area contributed by atoms with Crippen molar-refractivity contribution in [2.24, 2.45) is 17.6 Å². The van der Waals surface area contributed by atoms with Crippen molar-refractivity contribution >= 4 is 5.91 Å². The van der Waals surface area contributed by atoms with E-state index in [0.29, 0.717) is 24.3 Å². The van der Waals surface area contributed by atoms with Gasteiger partial charge < -0.3 is 15.7 Å². The number of aliphatic hydroxyl groups excluding tert-OH is 1. The van der Waals surface area contributed by atoms with E-state index in [0.717, 1.165) is 38.6 Å². The Morgan fingerprint density at radius 1 is 1.32 bits per heavy atom. The third kappa shape index (κ3) is 3.48. The Hall–Kier alpha value is -0.610. The molecule has 2 aliphatic carbocycles. The highest BCUT2D eigenvalue weighted by Gasteiger charge is 2.37. The van der Waals surface area contributed by atoms with Crippen molar-refractivity contribution in [1.29, 1.82) is 0 Å². The van der Waals surface area contributed by atoms with Crippen LogP contribution in [-0.2, 0) is 4.79 Å². The molecule has 0 spiro atoms. The van der Waals surface area contributed by atoms with Crippen molar-refractivity contribution in [3.8, 4) is 0 Å². The fraction of sp³-hybridized carbons (Fsp3) is 0.933. The third-order valence-corrected chi connectivity index (χ3v) is 4.88. The largest absolute Gasteiger partial charge is 0.396 e. The van der Waals surface area contributed by atoms with Gasteiger partial charge in [-0.1, -0.05) is 6.92 Å². The second kappa shape index (κ2) is 6.71. The number of carbonyl (C=O) groups excluding carboxylic acids is 1. The number of nitrogens with zero attached hydrogens (tertiary/aromatic N) is 1. The SMILES string of the molecule is CC1CC(N)CCC1C(=O)N(CCCO)C1CCC1. The molecular weight excluding hydrogens is 240 g/mol. The Morgan fingerprint density at radius 3 is 2.58 bits per heavy atom. The average molecular weight is 268 g/mol. The number of hydrogen-bond acceptors (Lipinski definition) is 3. The summed E-state index contributed by atoms with van der Waals surface area (Å²) in [5.41, 5.74) is 5.98. The lowest BCUT2D eigenvalue weighted by molar-refractivity contribution is -0.142. The molecule has 3 atom stereocenters. The highest BCUT2D eigenvalue weighted by molar-refractivity contribution is 5.79. The van der Waals surface area contributed by atoms with Crippen molar-refractivity contribution in [2.45, 2.75) is 64.0 Å². The second-order valence-electron chi connectivity index (χ2n) is 6.35. The highest BCUT2D eigenvalue weighted by atomic mass is 16.3. The zero-order valence-corrected chi connectivity index (χ0v) is 12.1. The Balaban J connectivity index is 1.97. The first-order valence-electron chi connectivity index (χ1n) is 7.80. The molecule has 0 aromatic carbocycles. The number of nitrogens with two attached hydrogens (primary N) is 1. The quantitative estimate of drug-likeness (QED) is 0.794. The Labute approximate surface area is 116 Å². The minimum absolute atomic E-state index is 0.152. The monoisotopic (exact) mass is 268 g/mol. The number of aliphatic hydroxyl groups is 1. The molecule has 0 aromatic heterocycles. The van der Waals surface area contributed by atoms with Crippen molar-refractivity contribution in [1.82, 2.24) is 4.90 Å². The van der Waals surface area contributed by atoms with Gasteiger partial charge in [0.05, 0.1) is 0 Å². The van der Waals surface area contributed by atoms with Gasteiger partial charge in [0.2, 0.25) is 5.91 Å². The fourth-order valence-electron chi connectivity index (χ4n) is 3.43. The van der Waals surface area contributed by atoms with Crippen LogP contribution in [0.15, 0.2) is 0 Å². The van der Waals surface area contributed by atoms with E-state index in [2.05, 4.69) is 11.8 Å². The van der Waals surface area contributed by atoms with Gasteiger partial charge in [-0.25, -0.2) is 0 Å². The number of amides is 1. The molecule has 0 radical (unpaired) electrons. The Bertz CT molecular complexity index is 305. The van der Waals surface area contributed by atoms with Crippen LogP contribution in [0.25, 0.3) is 0 Å². The summed E-state index contributed by atoms with van der Waals surface area (Å²) in [5.74, 6) is 0.865. The van der Waals surface area contributed by atoms with Gasteiger partial charge in [-0.15, -0.1) is 0 Å². The van der Waals surface area contributed by atoms with E-state index in [1.165, 1.54) is 6.42 Å². The maximum Gasteiger partial charge on any atom is 0.226 e. The summed E-state index contributed by atoms with van der Waals surface area (Å²) in [6.07, 6.45) is 7.08. The van der Waals surface area contributed by atoms with E-state index in [4.69, 9.17) is 10.8 Å². The van der Waals surface area contributed by atoms with Gasteiger partial charge in [0.25, 0.3) is 0 Å². The molecule has 0 bridgehead atoms. The van der Waals surface area contributed by atoms with Crippen LogP contribution in [0.3, 0.4) is 0 Å². The smallest absolute Gasteiger partial charge is 0.226 e. The van der Waals surface area contributed by atoms with Crippen LogP contribution in [0.2, 0.25) is 0 Å². The molecule has 4 heteroatoms. The fourth-order valence-corrected chi connectivity index (χ4v) is 3.43. The molecule has 2 rings (SSSR count). The Morgan fingerprint density at radius 2 is 2.05 bits per heavy atom. The summed E-state index contributed by atoms with van der Waals surface area (Å²) in [6, 6.07) is 0.704. The number of rotatable bonds is 5. The van der Waals surface area contributed by atoms with E-state index >= 15 is 0 Å². The van der Waals surface area contributed by atoms with E-state index in [1.807, 2.05) is 0 Å². The van der Waals surface area contributed by atoms with E-state index in [-0.39, 0.29) is 18.6 Å². The summed E-state index contributed by atoms with van der Waals surface area (Å²) in [5, 5.41) is 9.01. The van der Waals surface area contributed by atoms with Crippen LogP contribution >= 0.6 is 0 Å². The second-order valence-corrected chi connectivity index (χ2v) is 6.35. The van der Waals surface area contributed by atoms with E-state index < -0.39 is 0 Å². The summed E-state index contributed by atoms with van der Waals surface area (Å²) in [6.45, 7) is 3.05. The predicted octanol–water partition coefficient (Wildman–Crippen LogP) is 1.51. The van der Waals surface area contributed by atoms with Gasteiger partial charge in [-0.2, -0.15) is 0 Å². The average Bonchev–Trinajstić information content (AvgIpc) is 2.31. The lowest BCUT2D eigenvalue weighted by atomic mass is 9.77. The van der Waals surface area contributed by atoms with Crippen LogP contribution in [0.5, 0.6) is 0 Å². The molecule has 19 heavy (non-hydrogen) atoms. The van der Waals surface area contributed by atoms with Crippen LogP contribution in [-0.4, -0.2) is 41.1 Å². The van der Waals surface area contributed by atoms with Crippen LogP contribution in [0.4, 0.5) is 0 Å². The standard InChI is InChI=1S/C15H28N2O2/c1-11-10-12(16)6-7-14(11)15(19)17(8-3-9-18)13-4-2-5-13/h11-14,18H,2-10,16H2,1H3. The number of hydrogen-bond donors (Lipinski definition) is 2. The molecule has 0 aromatic rings. The first-order chi connectivity index (χ1) is 9.13. The molecule has 0 aliphatic heterocycles. The van der Waals surface area contributed by atoms with E-state index in [1.54, 1.807) is 0 Å². The van der Waals surface area contributed by atoms with Gasteiger partial charge >= 0.3 is 0 Å². The maximum absolute atomic E-state index is 12.8. The molecule has 2 aliphatic rings. The minimum atomic E-state index is 0.152. The van der Waals surface area contributed by atoms with Gasteiger partial charge in [0.1, 0.15) is 0 Å². The normalized spacial score (nSPS) is 31.8. The zero-order valence-electron chi connectivity index (χ0n) is 12.1. The maximum atomic E-state index is 12.8. The summed E-state index contributed by atoms with van der Waals surface area (Å²) in [7, 11) is 0. The number of carbonyl (C=O) groups is 1. The van der Waals surface area contributed by atoms with Crippen LogP contribution in [0, 0.1) is 11.8 Å². The zero-order chi connectivity index (χ0) is 13.8. The highest BCUT2D eigenvalue weighted by Crippen LogP contribution is 2.33. The van der Waals surface area contributed by atoms with Crippen LogP contribution in [0.1, 0.15) is 51.9 Å². The van der Waals surface area contributed by atoms with E-state index in [9.17, 15) is 4.79 Å². The van der Waals surface area contributed by atoms with Crippen molar-refractivity contribution in [3.63, 3.8) is 0 Å². The predicted molar refractivity (Wildman–Crippen MR) is 75.5 cm³/mol. The van der Waals surface area contributed by atoms with Crippen molar-refractivity contribution in [3.05, 3.63) is 0 Å². The topological polar surface area (TPSA) is 66.6 Å². The molecule has 0 saturated heterocycles. The summed E-state index contributed by atoms with van der Waals surface area (Å²) in [4.78, 5) is 14.8. The van der Waals surface area contributed by atoms with Crippen molar-refractivity contribution < 1.29 is 9.90 Å². The molecule has 0 heterocycles. The summed E-state index contributed by atoms with van der Waals surface area (Å²) < 4.78 is 0. The minimum Gasteiger partial charge on any atom is -0.396 e. The lowest BCUT2D eigenvalue weighted by Crippen LogP contribution is -2.50. The molecule has 2 fully saturated rings. The molecular formula is C15H28N2O2. The first kappa shape index (κ1) is 14.8. The molecule has 3 unspecified atom stereocenters. The van der Waals surface area contributed by atoms with Crippen molar-refractivity contribution in [2.75, 3.05) is 13.2 Å². The third-order valence-electron chi connectivity index (χ3n) is 4.88. The summed E-state index contributed by atoms with van der Waals surface area (Å²) >= 11 is 0. The molecule has 2 saturated carbocycles. The lowest BCUT2D eigenvalue weighted by Gasteiger charge is -2.42. The van der Waals surface area contributed by atoms with Gasteiger partial charge in [-0.3, -0.25) is 4.79 Å². The van der Waals surface area contributed by atoms with Gasteiger partial charge in [-0.05, 0) is 50.9 Å².